The molecule has 0 atom stereocenters. The van der Waals surface area contributed by atoms with Gasteiger partial charge >= 0.3 is 0 Å². The molecule has 118 valence electrons. The molecule has 0 radical (unpaired) electrons. The summed E-state index contributed by atoms with van der Waals surface area (Å²) in [5.41, 5.74) is 2.79. The highest BCUT2D eigenvalue weighted by Crippen LogP contribution is 2.24. The van der Waals surface area contributed by atoms with Gasteiger partial charge in [-0.3, -0.25) is 4.98 Å². The summed E-state index contributed by atoms with van der Waals surface area (Å²) >= 11 is 0. The lowest BCUT2D eigenvalue weighted by molar-refractivity contribution is 0.120. The number of rotatable bonds is 5. The summed E-state index contributed by atoms with van der Waals surface area (Å²) in [6.07, 6.45) is 5.78. The molecular formula is C18H30N2O. The fourth-order valence-corrected chi connectivity index (χ4v) is 2.98. The maximum absolute atomic E-state index is 5.16. The lowest BCUT2D eigenvalue weighted by atomic mass is 9.87. The Hall–Kier alpha value is -0.930. The molecule has 1 fully saturated rings. The smallest absolute Gasteiger partial charge is 0.0589 e. The molecule has 1 aliphatic rings. The topological polar surface area (TPSA) is 25.4 Å². The highest BCUT2D eigenvalue weighted by molar-refractivity contribution is 5.22. The van der Waals surface area contributed by atoms with Crippen LogP contribution in [0.15, 0.2) is 18.3 Å². The highest BCUT2D eigenvalue weighted by atomic mass is 16.5. The Morgan fingerprint density at radius 2 is 2.00 bits per heavy atom. The SMILES string of the molecule is COCCN1CCC(Cc2ccnc(C(C)(C)C)c2)CC1. The lowest BCUT2D eigenvalue weighted by Gasteiger charge is -2.32. The van der Waals surface area contributed by atoms with Crippen LogP contribution >= 0.6 is 0 Å². The molecule has 1 aromatic rings. The first kappa shape index (κ1) is 16.4. The lowest BCUT2D eigenvalue weighted by Crippen LogP contribution is -2.36. The van der Waals surface area contributed by atoms with E-state index in [9.17, 15) is 0 Å². The van der Waals surface area contributed by atoms with E-state index >= 15 is 0 Å². The van der Waals surface area contributed by atoms with Gasteiger partial charge in [0.15, 0.2) is 0 Å². The maximum atomic E-state index is 5.16. The van der Waals surface area contributed by atoms with Gasteiger partial charge in [-0.15, -0.1) is 0 Å². The molecule has 0 N–H and O–H groups in total. The second-order valence-corrected chi connectivity index (χ2v) is 7.28. The van der Waals surface area contributed by atoms with Gasteiger partial charge in [-0.1, -0.05) is 20.8 Å². The van der Waals surface area contributed by atoms with Crippen LogP contribution < -0.4 is 0 Å². The number of methoxy groups -OCH3 is 1. The van der Waals surface area contributed by atoms with E-state index in [-0.39, 0.29) is 5.41 Å². The van der Waals surface area contributed by atoms with E-state index in [0.29, 0.717) is 0 Å². The Labute approximate surface area is 129 Å². The molecular weight excluding hydrogens is 260 g/mol. The van der Waals surface area contributed by atoms with Crippen LogP contribution in [0.3, 0.4) is 0 Å². The van der Waals surface area contributed by atoms with Gasteiger partial charge < -0.3 is 9.64 Å². The van der Waals surface area contributed by atoms with E-state index in [2.05, 4.69) is 42.8 Å². The minimum atomic E-state index is 0.138. The summed E-state index contributed by atoms with van der Waals surface area (Å²) in [4.78, 5) is 7.05. The molecule has 0 aromatic carbocycles. The molecule has 0 spiro atoms. The Balaban J connectivity index is 1.86. The molecule has 0 saturated carbocycles. The molecule has 2 heterocycles. The molecule has 0 amide bonds. The van der Waals surface area contributed by atoms with Crippen molar-refractivity contribution in [1.82, 2.24) is 9.88 Å². The van der Waals surface area contributed by atoms with Crippen molar-refractivity contribution in [3.05, 3.63) is 29.6 Å². The standard InChI is InChI=1S/C18H30N2O/c1-18(2,3)17-14-16(5-8-19-17)13-15-6-9-20(10-7-15)11-12-21-4/h5,8,14-15H,6-7,9-13H2,1-4H3. The van der Waals surface area contributed by atoms with Gasteiger partial charge in [-0.2, -0.15) is 0 Å². The van der Waals surface area contributed by atoms with Gasteiger partial charge in [0, 0.05) is 31.0 Å². The first-order chi connectivity index (χ1) is 9.99. The Bertz CT molecular complexity index is 431. The van der Waals surface area contributed by atoms with Gasteiger partial charge in [0.2, 0.25) is 0 Å². The van der Waals surface area contributed by atoms with Crippen LogP contribution in [-0.2, 0) is 16.6 Å². The number of aromatic nitrogens is 1. The van der Waals surface area contributed by atoms with Crippen LogP contribution in [0.4, 0.5) is 0 Å². The number of ether oxygens (including phenoxy) is 1. The number of pyridine rings is 1. The first-order valence-electron chi connectivity index (χ1n) is 8.16. The van der Waals surface area contributed by atoms with Crippen molar-refractivity contribution in [3.8, 4) is 0 Å². The van der Waals surface area contributed by atoms with E-state index in [4.69, 9.17) is 4.74 Å². The monoisotopic (exact) mass is 290 g/mol. The van der Waals surface area contributed by atoms with E-state index in [1.807, 2.05) is 6.20 Å². The number of piperidine rings is 1. The number of likely N-dealkylation sites (tertiary alicyclic amines) is 1. The van der Waals surface area contributed by atoms with Crippen molar-refractivity contribution in [2.24, 2.45) is 5.92 Å². The molecule has 1 aliphatic heterocycles. The minimum absolute atomic E-state index is 0.138. The van der Waals surface area contributed by atoms with E-state index in [1.54, 1.807) is 7.11 Å². The third-order valence-electron chi connectivity index (χ3n) is 4.44. The molecule has 0 unspecified atom stereocenters. The molecule has 2 rings (SSSR count). The fourth-order valence-electron chi connectivity index (χ4n) is 2.98. The zero-order valence-corrected chi connectivity index (χ0v) is 14.1. The molecule has 0 aliphatic carbocycles. The molecule has 1 saturated heterocycles. The average Bonchev–Trinajstić information content (AvgIpc) is 2.46. The predicted octanol–water partition coefficient (Wildman–Crippen LogP) is 3.28. The molecule has 21 heavy (non-hydrogen) atoms. The Morgan fingerprint density at radius 3 is 2.62 bits per heavy atom. The number of nitrogens with zero attached hydrogens (tertiary/aromatic N) is 2. The van der Waals surface area contributed by atoms with E-state index in [1.165, 1.54) is 43.6 Å². The zero-order chi connectivity index (χ0) is 15.3. The fraction of sp³-hybridized carbons (Fsp3) is 0.722. The van der Waals surface area contributed by atoms with Crippen LogP contribution in [0.2, 0.25) is 0 Å². The van der Waals surface area contributed by atoms with E-state index < -0.39 is 0 Å². The predicted molar refractivity (Wildman–Crippen MR) is 87.7 cm³/mol. The van der Waals surface area contributed by atoms with Crippen LogP contribution in [0.25, 0.3) is 0 Å². The zero-order valence-electron chi connectivity index (χ0n) is 14.1. The maximum Gasteiger partial charge on any atom is 0.0589 e. The second kappa shape index (κ2) is 7.37. The quantitative estimate of drug-likeness (QED) is 0.832. The summed E-state index contributed by atoms with van der Waals surface area (Å²) in [7, 11) is 1.78. The first-order valence-corrected chi connectivity index (χ1v) is 8.16. The minimum Gasteiger partial charge on any atom is -0.383 e. The van der Waals surface area contributed by atoms with E-state index in [0.717, 1.165) is 19.1 Å². The Morgan fingerprint density at radius 1 is 1.29 bits per heavy atom. The molecule has 3 heteroatoms. The molecule has 1 aromatic heterocycles. The average molecular weight is 290 g/mol. The van der Waals surface area contributed by atoms with Gasteiger partial charge in [0.1, 0.15) is 0 Å². The summed E-state index contributed by atoms with van der Waals surface area (Å²) in [6.45, 7) is 11.0. The van der Waals surface area contributed by atoms with Gasteiger partial charge in [-0.05, 0) is 56.0 Å². The summed E-state index contributed by atoms with van der Waals surface area (Å²) in [5, 5.41) is 0. The molecule has 3 nitrogen and oxygen atoms in total. The van der Waals surface area contributed by atoms with Crippen LogP contribution in [0.5, 0.6) is 0 Å². The number of hydrogen-bond acceptors (Lipinski definition) is 3. The summed E-state index contributed by atoms with van der Waals surface area (Å²) < 4.78 is 5.16. The van der Waals surface area contributed by atoms with Crippen molar-refractivity contribution in [2.75, 3.05) is 33.4 Å². The van der Waals surface area contributed by atoms with Crippen molar-refractivity contribution < 1.29 is 4.74 Å². The van der Waals surface area contributed by atoms with Crippen molar-refractivity contribution in [2.45, 2.75) is 45.4 Å². The van der Waals surface area contributed by atoms with Crippen LogP contribution in [0, 0.1) is 5.92 Å². The van der Waals surface area contributed by atoms with Crippen molar-refractivity contribution in [3.63, 3.8) is 0 Å². The molecule has 0 bridgehead atoms. The van der Waals surface area contributed by atoms with Gasteiger partial charge in [-0.25, -0.2) is 0 Å². The van der Waals surface area contributed by atoms with Gasteiger partial charge in [0.25, 0.3) is 0 Å². The third kappa shape index (κ3) is 5.08. The Kier molecular flexibility index (Phi) is 5.77. The van der Waals surface area contributed by atoms with Crippen LogP contribution in [-0.4, -0.2) is 43.2 Å². The van der Waals surface area contributed by atoms with Crippen molar-refractivity contribution >= 4 is 0 Å². The summed E-state index contributed by atoms with van der Waals surface area (Å²) in [5.74, 6) is 0.819. The normalized spacial score (nSPS) is 18.1. The second-order valence-electron chi connectivity index (χ2n) is 7.28. The highest BCUT2D eigenvalue weighted by Gasteiger charge is 2.20. The van der Waals surface area contributed by atoms with Gasteiger partial charge in [0.05, 0.1) is 6.61 Å². The van der Waals surface area contributed by atoms with Crippen molar-refractivity contribution in [1.29, 1.82) is 0 Å². The summed E-state index contributed by atoms with van der Waals surface area (Å²) in [6, 6.07) is 4.49. The van der Waals surface area contributed by atoms with Crippen LogP contribution in [0.1, 0.15) is 44.9 Å². The largest absolute Gasteiger partial charge is 0.383 e. The third-order valence-corrected chi connectivity index (χ3v) is 4.44. The number of hydrogen-bond donors (Lipinski definition) is 0.